The third kappa shape index (κ3) is 6.49. The number of aliphatic hydroxyl groups is 1. The van der Waals surface area contributed by atoms with Crippen LogP contribution in [0, 0.1) is 12.7 Å². The van der Waals surface area contributed by atoms with E-state index in [1.54, 1.807) is 37.3 Å². The maximum atomic E-state index is 13.3. The monoisotopic (exact) mass is 465 g/mol. The van der Waals surface area contributed by atoms with E-state index in [1.807, 2.05) is 0 Å². The van der Waals surface area contributed by atoms with E-state index in [2.05, 4.69) is 15.4 Å². The van der Waals surface area contributed by atoms with Crippen LogP contribution in [0.15, 0.2) is 53.4 Å². The van der Waals surface area contributed by atoms with Gasteiger partial charge >= 0.3 is 6.03 Å². The number of urea groups is 1. The third-order valence-corrected chi connectivity index (χ3v) is 6.96. The Kier molecular flexibility index (Phi) is 8.19. The van der Waals surface area contributed by atoms with Crippen LogP contribution in [0.25, 0.3) is 0 Å². The van der Waals surface area contributed by atoms with Crippen LogP contribution in [-0.2, 0) is 14.8 Å². The van der Waals surface area contributed by atoms with Gasteiger partial charge in [-0.05, 0) is 56.0 Å². The number of carbonyl (C=O) groups is 1. The maximum absolute atomic E-state index is 13.3. The molecular weight excluding hydrogens is 437 g/mol. The smallest absolute Gasteiger partial charge is 0.319 e. The van der Waals surface area contributed by atoms with Crippen molar-refractivity contribution in [1.29, 1.82) is 0 Å². The number of nitrogens with one attached hydrogen (secondary N) is 3. The largest absolute Gasteiger partial charge is 0.394 e. The summed E-state index contributed by atoms with van der Waals surface area (Å²) in [6.07, 6.45) is 0.699. The Labute approximate surface area is 187 Å². The average molecular weight is 466 g/mol. The minimum atomic E-state index is -3.62. The molecular formula is C22H28FN3O5S. The second-order valence-corrected chi connectivity index (χ2v) is 9.46. The van der Waals surface area contributed by atoms with Crippen LogP contribution in [0.3, 0.4) is 0 Å². The van der Waals surface area contributed by atoms with Gasteiger partial charge in [-0.2, -0.15) is 0 Å². The highest BCUT2D eigenvalue weighted by molar-refractivity contribution is 7.89. The zero-order valence-electron chi connectivity index (χ0n) is 17.8. The quantitative estimate of drug-likeness (QED) is 0.478. The van der Waals surface area contributed by atoms with Crippen LogP contribution in [0.5, 0.6) is 0 Å². The lowest BCUT2D eigenvalue weighted by atomic mass is 9.97. The first-order valence-electron chi connectivity index (χ1n) is 10.4. The van der Waals surface area contributed by atoms with Crippen molar-refractivity contribution in [3.8, 4) is 0 Å². The molecule has 0 saturated carbocycles. The average Bonchev–Trinajstić information content (AvgIpc) is 2.74. The lowest BCUT2D eigenvalue weighted by Gasteiger charge is -2.36. The van der Waals surface area contributed by atoms with E-state index in [4.69, 9.17) is 4.74 Å². The number of hydrogen-bond acceptors (Lipinski definition) is 5. The SMILES string of the molecule is Cc1ccccc1S(=O)(=O)NCC[C@@H]1CC[C@@H](NC(=O)Nc2cccc(F)c2)[C@@H](CO)O1. The lowest BCUT2D eigenvalue weighted by molar-refractivity contribution is -0.0884. The zero-order chi connectivity index (χ0) is 23.1. The Hall–Kier alpha value is -2.53. The van der Waals surface area contributed by atoms with Gasteiger partial charge in [0.15, 0.2) is 0 Å². The molecule has 32 heavy (non-hydrogen) atoms. The second-order valence-electron chi connectivity index (χ2n) is 7.72. The van der Waals surface area contributed by atoms with Crippen molar-refractivity contribution < 1.29 is 27.4 Å². The molecule has 8 nitrogen and oxygen atoms in total. The summed E-state index contributed by atoms with van der Waals surface area (Å²) < 4.78 is 46.7. The molecule has 0 aromatic heterocycles. The topological polar surface area (TPSA) is 117 Å². The van der Waals surface area contributed by atoms with E-state index in [0.717, 1.165) is 0 Å². The molecule has 4 N–H and O–H groups in total. The molecule has 1 heterocycles. The molecule has 0 radical (unpaired) electrons. The molecule has 2 aromatic carbocycles. The van der Waals surface area contributed by atoms with Gasteiger partial charge in [0.1, 0.15) is 11.9 Å². The van der Waals surface area contributed by atoms with Gasteiger partial charge in [-0.15, -0.1) is 0 Å². The fourth-order valence-electron chi connectivity index (χ4n) is 3.70. The van der Waals surface area contributed by atoms with Crippen LogP contribution in [0.4, 0.5) is 14.9 Å². The Morgan fingerprint density at radius 3 is 2.69 bits per heavy atom. The summed E-state index contributed by atoms with van der Waals surface area (Å²) in [5, 5.41) is 15.0. The highest BCUT2D eigenvalue weighted by atomic mass is 32.2. The molecule has 3 atom stereocenters. The number of sulfonamides is 1. The molecule has 0 unspecified atom stereocenters. The molecule has 1 saturated heterocycles. The molecule has 0 spiro atoms. The summed E-state index contributed by atoms with van der Waals surface area (Å²) in [7, 11) is -3.62. The standard InChI is InChI=1S/C22H28FN3O5S/c1-15-5-2-3-8-21(15)32(29,30)24-12-11-18-9-10-19(20(14-27)31-18)26-22(28)25-17-7-4-6-16(23)13-17/h2-8,13,18-20,24,27H,9-12,14H2,1H3,(H2,25,26,28)/t18-,19+,20+/m0/s1. The molecule has 1 aliphatic rings. The van der Waals surface area contributed by atoms with Crippen molar-refractivity contribution in [1.82, 2.24) is 10.0 Å². The van der Waals surface area contributed by atoms with Crippen molar-refractivity contribution >= 4 is 21.7 Å². The molecule has 2 aromatic rings. The van der Waals surface area contributed by atoms with Gasteiger partial charge in [0.05, 0.1) is 23.6 Å². The first kappa shape index (κ1) is 24.1. The summed E-state index contributed by atoms with van der Waals surface area (Å²) in [5.41, 5.74) is 0.985. The Morgan fingerprint density at radius 1 is 1.19 bits per heavy atom. The fourth-order valence-corrected chi connectivity index (χ4v) is 4.99. The summed E-state index contributed by atoms with van der Waals surface area (Å²) >= 11 is 0. The van der Waals surface area contributed by atoms with Crippen LogP contribution < -0.4 is 15.4 Å². The Balaban J connectivity index is 1.47. The minimum absolute atomic E-state index is 0.192. The number of anilines is 1. The molecule has 1 aliphatic heterocycles. The number of benzene rings is 2. The van der Waals surface area contributed by atoms with E-state index >= 15 is 0 Å². The summed E-state index contributed by atoms with van der Waals surface area (Å²) in [6, 6.07) is 11.3. The molecule has 10 heteroatoms. The number of ether oxygens (including phenoxy) is 1. The van der Waals surface area contributed by atoms with Crippen molar-refractivity contribution in [2.24, 2.45) is 0 Å². The summed E-state index contributed by atoms with van der Waals surface area (Å²) in [5.74, 6) is -0.460. The normalized spacial score (nSPS) is 21.2. The number of aryl methyl sites for hydroxylation is 1. The zero-order valence-corrected chi connectivity index (χ0v) is 18.6. The number of amides is 2. The van der Waals surface area contributed by atoms with Gasteiger partial charge in [-0.1, -0.05) is 24.3 Å². The predicted octanol–water partition coefficient (Wildman–Crippen LogP) is 2.53. The van der Waals surface area contributed by atoms with Crippen LogP contribution in [0.2, 0.25) is 0 Å². The second kappa shape index (κ2) is 10.9. The number of rotatable bonds is 8. The number of hydrogen-bond donors (Lipinski definition) is 4. The highest BCUT2D eigenvalue weighted by Crippen LogP contribution is 2.22. The van der Waals surface area contributed by atoms with Gasteiger partial charge in [-0.3, -0.25) is 0 Å². The highest BCUT2D eigenvalue weighted by Gasteiger charge is 2.32. The number of halogens is 1. The van der Waals surface area contributed by atoms with Crippen LogP contribution >= 0.6 is 0 Å². The van der Waals surface area contributed by atoms with Crippen LogP contribution in [0.1, 0.15) is 24.8 Å². The van der Waals surface area contributed by atoms with Gasteiger partial charge in [0.25, 0.3) is 0 Å². The van der Waals surface area contributed by atoms with E-state index in [1.165, 1.54) is 18.2 Å². The number of carbonyl (C=O) groups excluding carboxylic acids is 1. The van der Waals surface area contributed by atoms with Crippen molar-refractivity contribution in [3.63, 3.8) is 0 Å². The van der Waals surface area contributed by atoms with E-state index < -0.39 is 34.0 Å². The van der Waals surface area contributed by atoms with Crippen molar-refractivity contribution in [3.05, 3.63) is 59.9 Å². The van der Waals surface area contributed by atoms with E-state index in [-0.39, 0.29) is 24.2 Å². The van der Waals surface area contributed by atoms with Gasteiger partial charge in [0, 0.05) is 12.2 Å². The first-order valence-corrected chi connectivity index (χ1v) is 11.9. The molecule has 2 amide bonds. The lowest BCUT2D eigenvalue weighted by Crippen LogP contribution is -2.52. The minimum Gasteiger partial charge on any atom is -0.394 e. The fraction of sp³-hybridized carbons (Fsp3) is 0.409. The van der Waals surface area contributed by atoms with Gasteiger partial charge in [-0.25, -0.2) is 22.3 Å². The Bertz CT molecular complexity index is 1030. The first-order chi connectivity index (χ1) is 15.3. The molecule has 0 bridgehead atoms. The number of aliphatic hydroxyl groups excluding tert-OH is 1. The molecule has 3 rings (SSSR count). The van der Waals surface area contributed by atoms with Crippen LogP contribution in [-0.4, -0.2) is 51.0 Å². The summed E-state index contributed by atoms with van der Waals surface area (Å²) in [6.45, 7) is 1.64. The van der Waals surface area contributed by atoms with Crippen molar-refractivity contribution in [2.45, 2.75) is 49.3 Å². The maximum Gasteiger partial charge on any atom is 0.319 e. The molecule has 1 fully saturated rings. The van der Waals surface area contributed by atoms with E-state index in [9.17, 15) is 22.7 Å². The van der Waals surface area contributed by atoms with Gasteiger partial charge in [0.2, 0.25) is 10.0 Å². The van der Waals surface area contributed by atoms with Gasteiger partial charge < -0.3 is 20.5 Å². The Morgan fingerprint density at radius 2 is 1.97 bits per heavy atom. The summed E-state index contributed by atoms with van der Waals surface area (Å²) in [4.78, 5) is 12.5. The van der Waals surface area contributed by atoms with Crippen molar-refractivity contribution in [2.75, 3.05) is 18.5 Å². The predicted molar refractivity (Wildman–Crippen MR) is 118 cm³/mol. The van der Waals surface area contributed by atoms with E-state index in [0.29, 0.717) is 30.5 Å². The molecule has 0 aliphatic carbocycles. The third-order valence-electron chi connectivity index (χ3n) is 5.34. The molecule has 174 valence electrons.